The summed E-state index contributed by atoms with van der Waals surface area (Å²) in [6.45, 7) is -2.87. The normalized spacial score (nSPS) is 10.5. The number of hydrogen-bond donors (Lipinski definition) is 1. The fourth-order valence-electron chi connectivity index (χ4n) is 0.891. The number of benzene rings is 1. The molecule has 4 heteroatoms. The highest BCUT2D eigenvalue weighted by Crippen LogP contribution is 2.15. The Hall–Kier alpha value is -1.16. The van der Waals surface area contributed by atoms with Crippen molar-refractivity contribution in [2.24, 2.45) is 0 Å². The quantitative estimate of drug-likeness (QED) is 0.779. The summed E-state index contributed by atoms with van der Waals surface area (Å²) in [5, 5.41) is 8.53. The minimum Gasteiger partial charge on any atom is -0.435 e. The lowest BCUT2D eigenvalue weighted by atomic mass is 10.1. The molecular formula is C9H9F2O2. The van der Waals surface area contributed by atoms with E-state index in [1.807, 2.05) is 0 Å². The van der Waals surface area contributed by atoms with Crippen molar-refractivity contribution in [3.8, 4) is 5.75 Å². The molecule has 1 aromatic carbocycles. The molecule has 0 heterocycles. The number of aliphatic hydroxyl groups is 1. The van der Waals surface area contributed by atoms with Gasteiger partial charge in [-0.2, -0.15) is 8.78 Å². The number of ether oxygens (including phenoxy) is 1. The maximum Gasteiger partial charge on any atom is 0.387 e. The van der Waals surface area contributed by atoms with E-state index in [-0.39, 0.29) is 12.4 Å². The van der Waals surface area contributed by atoms with E-state index in [0.717, 1.165) is 5.56 Å². The number of hydrogen-bond acceptors (Lipinski definition) is 2. The summed E-state index contributed by atoms with van der Waals surface area (Å²) in [5.41, 5.74) is 0.768. The second kappa shape index (κ2) is 4.77. The summed E-state index contributed by atoms with van der Waals surface area (Å²) in [6.07, 6.45) is 1.56. The van der Waals surface area contributed by atoms with Gasteiger partial charge in [-0.25, -0.2) is 0 Å². The smallest absolute Gasteiger partial charge is 0.387 e. The first-order valence-corrected chi connectivity index (χ1v) is 3.71. The third-order valence-electron chi connectivity index (χ3n) is 1.43. The van der Waals surface area contributed by atoms with Crippen molar-refractivity contribution in [3.05, 3.63) is 36.2 Å². The van der Waals surface area contributed by atoms with Gasteiger partial charge in [0, 0.05) is 6.42 Å². The minimum atomic E-state index is -2.80. The van der Waals surface area contributed by atoms with Crippen LogP contribution in [0.15, 0.2) is 24.3 Å². The molecule has 0 saturated heterocycles. The Morgan fingerprint density at radius 3 is 2.38 bits per heavy atom. The lowest BCUT2D eigenvalue weighted by Gasteiger charge is -2.04. The molecule has 1 radical (unpaired) electrons. The molecule has 1 rings (SSSR count). The average molecular weight is 187 g/mol. The van der Waals surface area contributed by atoms with Crippen LogP contribution < -0.4 is 4.74 Å². The Morgan fingerprint density at radius 1 is 1.31 bits per heavy atom. The van der Waals surface area contributed by atoms with Crippen molar-refractivity contribution in [1.82, 2.24) is 0 Å². The summed E-state index contributed by atoms with van der Waals surface area (Å²) < 4.78 is 27.5. The molecule has 0 aliphatic carbocycles. The first-order valence-electron chi connectivity index (χ1n) is 3.71. The Labute approximate surface area is 74.8 Å². The third-order valence-corrected chi connectivity index (χ3v) is 1.43. The highest BCUT2D eigenvalue weighted by Gasteiger charge is 2.03. The van der Waals surface area contributed by atoms with Crippen LogP contribution in [0, 0.1) is 6.42 Å². The first-order chi connectivity index (χ1) is 6.22. The van der Waals surface area contributed by atoms with E-state index in [0.29, 0.717) is 0 Å². The standard InChI is InChI=1S/C9H9F2O2/c10-9(11)13-8-3-1-7(2-4-8)5-6-12/h1-5,9,12H,6H2. The van der Waals surface area contributed by atoms with E-state index in [9.17, 15) is 8.78 Å². The van der Waals surface area contributed by atoms with Gasteiger partial charge in [0.05, 0.1) is 6.61 Å². The van der Waals surface area contributed by atoms with Crippen molar-refractivity contribution in [1.29, 1.82) is 0 Å². The van der Waals surface area contributed by atoms with Crippen LogP contribution in [0.5, 0.6) is 5.75 Å². The molecule has 0 spiro atoms. The molecule has 0 aromatic heterocycles. The minimum absolute atomic E-state index is 0.0744. The predicted molar refractivity (Wildman–Crippen MR) is 43.6 cm³/mol. The second-order valence-electron chi connectivity index (χ2n) is 2.33. The van der Waals surface area contributed by atoms with Crippen LogP contribution in [0.25, 0.3) is 0 Å². The molecule has 2 nitrogen and oxygen atoms in total. The molecule has 0 amide bonds. The summed E-state index contributed by atoms with van der Waals surface area (Å²) in [7, 11) is 0. The van der Waals surface area contributed by atoms with Crippen LogP contribution in [-0.4, -0.2) is 18.3 Å². The molecule has 13 heavy (non-hydrogen) atoms. The molecule has 0 saturated carbocycles. The number of aliphatic hydroxyl groups excluding tert-OH is 1. The van der Waals surface area contributed by atoms with E-state index in [1.54, 1.807) is 18.6 Å². The number of alkyl halides is 2. The van der Waals surface area contributed by atoms with Gasteiger partial charge in [0.25, 0.3) is 0 Å². The van der Waals surface area contributed by atoms with Gasteiger partial charge in [-0.05, 0) is 17.7 Å². The fourth-order valence-corrected chi connectivity index (χ4v) is 0.891. The summed E-state index contributed by atoms with van der Waals surface area (Å²) >= 11 is 0. The third kappa shape index (κ3) is 3.38. The molecule has 71 valence electrons. The molecule has 0 aliphatic rings. The summed E-state index contributed by atoms with van der Waals surface area (Å²) in [4.78, 5) is 0. The molecule has 0 aliphatic heterocycles. The maximum atomic E-state index is 11.7. The van der Waals surface area contributed by atoms with Gasteiger partial charge < -0.3 is 9.84 Å². The van der Waals surface area contributed by atoms with Gasteiger partial charge in [0.15, 0.2) is 0 Å². The molecule has 0 atom stereocenters. The Bertz CT molecular complexity index is 246. The molecule has 1 aromatic rings. The van der Waals surface area contributed by atoms with Crippen molar-refractivity contribution < 1.29 is 18.6 Å². The topological polar surface area (TPSA) is 29.5 Å². The fraction of sp³-hybridized carbons (Fsp3) is 0.222. The average Bonchev–Trinajstić information content (AvgIpc) is 2.08. The van der Waals surface area contributed by atoms with Crippen molar-refractivity contribution in [3.63, 3.8) is 0 Å². The zero-order valence-corrected chi connectivity index (χ0v) is 6.78. The van der Waals surface area contributed by atoms with Gasteiger partial charge >= 0.3 is 6.61 Å². The van der Waals surface area contributed by atoms with E-state index >= 15 is 0 Å². The van der Waals surface area contributed by atoms with E-state index in [2.05, 4.69) is 4.74 Å². The van der Waals surface area contributed by atoms with Crippen molar-refractivity contribution in [2.45, 2.75) is 6.61 Å². The van der Waals surface area contributed by atoms with E-state index < -0.39 is 6.61 Å². The van der Waals surface area contributed by atoms with Gasteiger partial charge in [-0.1, -0.05) is 12.1 Å². The predicted octanol–water partition coefficient (Wildman–Crippen LogP) is 1.83. The molecule has 0 bridgehead atoms. The Balaban J connectivity index is 2.59. The van der Waals surface area contributed by atoms with Crippen LogP contribution in [0.3, 0.4) is 0 Å². The molecule has 0 fully saturated rings. The molecule has 1 N–H and O–H groups in total. The molecule has 0 unspecified atom stereocenters. The molecular weight excluding hydrogens is 178 g/mol. The maximum absolute atomic E-state index is 11.7. The number of rotatable bonds is 4. The Morgan fingerprint density at radius 2 is 1.92 bits per heavy atom. The monoisotopic (exact) mass is 187 g/mol. The van der Waals surface area contributed by atoms with Crippen LogP contribution in [0.2, 0.25) is 0 Å². The van der Waals surface area contributed by atoms with Gasteiger partial charge in [0.1, 0.15) is 5.75 Å². The van der Waals surface area contributed by atoms with Gasteiger partial charge in [-0.3, -0.25) is 0 Å². The van der Waals surface area contributed by atoms with E-state index in [1.165, 1.54) is 12.1 Å². The zero-order valence-electron chi connectivity index (χ0n) is 6.78. The highest BCUT2D eigenvalue weighted by atomic mass is 19.3. The summed E-state index contributed by atoms with van der Waals surface area (Å²) in [5.74, 6) is 0.116. The van der Waals surface area contributed by atoms with Crippen molar-refractivity contribution >= 4 is 0 Å². The largest absolute Gasteiger partial charge is 0.435 e. The zero-order chi connectivity index (χ0) is 9.68. The Kier molecular flexibility index (Phi) is 3.64. The van der Waals surface area contributed by atoms with Crippen LogP contribution in [0.4, 0.5) is 8.78 Å². The SMILES string of the molecule is OC[CH]c1ccc(OC(F)F)cc1. The van der Waals surface area contributed by atoms with E-state index in [4.69, 9.17) is 5.11 Å². The highest BCUT2D eigenvalue weighted by molar-refractivity contribution is 5.31. The van der Waals surface area contributed by atoms with Gasteiger partial charge in [-0.15, -0.1) is 0 Å². The lowest BCUT2D eigenvalue weighted by molar-refractivity contribution is -0.0498. The van der Waals surface area contributed by atoms with Gasteiger partial charge in [0.2, 0.25) is 0 Å². The summed E-state index contributed by atoms with van der Waals surface area (Å²) in [6, 6.07) is 6.03. The van der Waals surface area contributed by atoms with Crippen molar-refractivity contribution in [2.75, 3.05) is 6.61 Å². The van der Waals surface area contributed by atoms with Crippen LogP contribution in [0.1, 0.15) is 5.56 Å². The van der Waals surface area contributed by atoms with Crippen LogP contribution >= 0.6 is 0 Å². The lowest BCUT2D eigenvalue weighted by Crippen LogP contribution is -2.01. The first kappa shape index (κ1) is 9.92. The second-order valence-corrected chi connectivity index (χ2v) is 2.33. The van der Waals surface area contributed by atoms with Crippen LogP contribution in [-0.2, 0) is 0 Å². The number of halogens is 2.